The highest BCUT2D eigenvalue weighted by Crippen LogP contribution is 2.48. The van der Waals surface area contributed by atoms with Gasteiger partial charge in [-0.25, -0.2) is 9.97 Å². The maximum absolute atomic E-state index is 5.51. The molecule has 0 bridgehead atoms. The average molecular weight is 1890 g/mol. The number of fused-ring (bicyclic) bond motifs is 14. The van der Waals surface area contributed by atoms with Crippen molar-refractivity contribution in [1.82, 2.24) is 48.2 Å². The van der Waals surface area contributed by atoms with Crippen LogP contribution in [0.5, 0.6) is 0 Å². The fourth-order valence-electron chi connectivity index (χ4n) is 21.7. The van der Waals surface area contributed by atoms with Crippen LogP contribution in [-0.2, 0) is 0 Å². The van der Waals surface area contributed by atoms with Gasteiger partial charge in [0.1, 0.15) is 0 Å². The van der Waals surface area contributed by atoms with E-state index >= 15 is 0 Å². The second kappa shape index (κ2) is 37.5. The lowest BCUT2D eigenvalue weighted by molar-refractivity contribution is 0.953. The number of aromatic nitrogens is 10. The van der Waals surface area contributed by atoms with Crippen LogP contribution in [0.1, 0.15) is 0 Å². The third-order valence-corrected chi connectivity index (χ3v) is 28.8. The Morgan fingerprint density at radius 1 is 0.115 bits per heavy atom. The molecule has 0 amide bonds. The van der Waals surface area contributed by atoms with Gasteiger partial charge in [0.05, 0.1) is 44.1 Å². The van der Waals surface area contributed by atoms with Crippen LogP contribution in [0.15, 0.2) is 546 Å². The summed E-state index contributed by atoms with van der Waals surface area (Å²) in [7, 11) is 0. The quantitative estimate of drug-likeness (QED) is 0.0849. The Balaban J connectivity index is 0.000000146. The van der Waals surface area contributed by atoms with E-state index in [1.807, 2.05) is 48.5 Å². The van der Waals surface area contributed by atoms with Crippen molar-refractivity contribution < 1.29 is 0 Å². The Labute approximate surface area is 855 Å². The minimum Gasteiger partial charge on any atom is -0.307 e. The number of nitrogens with zero attached hydrogens (tertiary/aromatic N) is 10. The molecule has 0 saturated heterocycles. The van der Waals surface area contributed by atoms with E-state index in [0.29, 0.717) is 35.2 Å². The van der Waals surface area contributed by atoms with Gasteiger partial charge in [-0.15, -0.1) is 0 Å². The molecule has 22 aromatic carbocycles. The predicted molar refractivity (Wildman–Crippen MR) is 613 cm³/mol. The zero-order valence-corrected chi connectivity index (χ0v) is 80.4. The largest absolute Gasteiger partial charge is 0.307 e. The van der Waals surface area contributed by atoms with E-state index < -0.39 is 0 Å². The van der Waals surface area contributed by atoms with Crippen molar-refractivity contribution >= 4 is 87.2 Å². The maximum Gasteiger partial charge on any atom is 0.238 e. The van der Waals surface area contributed by atoms with Gasteiger partial charge in [0.15, 0.2) is 23.3 Å². The van der Waals surface area contributed by atoms with Crippen molar-refractivity contribution in [2.45, 2.75) is 0 Å². The van der Waals surface area contributed by atoms with E-state index in [-0.39, 0.29) is 0 Å². The van der Waals surface area contributed by atoms with Crippen molar-refractivity contribution in [2.75, 3.05) is 0 Å². The van der Waals surface area contributed by atoms with Crippen LogP contribution < -0.4 is 0 Å². The summed E-state index contributed by atoms with van der Waals surface area (Å²) in [6.07, 6.45) is 0. The van der Waals surface area contributed by atoms with E-state index in [4.69, 9.17) is 29.9 Å². The van der Waals surface area contributed by atoms with Gasteiger partial charge in [-0.3, -0.25) is 9.13 Å². The Morgan fingerprint density at radius 3 is 0.655 bits per heavy atom. The van der Waals surface area contributed by atoms with E-state index in [0.717, 1.165) is 188 Å². The molecular formula is C138H90N10. The molecule has 0 aliphatic rings. The van der Waals surface area contributed by atoms with Crippen molar-refractivity contribution in [1.29, 1.82) is 0 Å². The normalized spacial score (nSPS) is 11.5. The fourth-order valence-corrected chi connectivity index (χ4v) is 21.7. The highest BCUT2D eigenvalue weighted by atomic mass is 15.2. The minimum absolute atomic E-state index is 0.542. The van der Waals surface area contributed by atoms with E-state index in [1.165, 1.54) is 44.5 Å². The molecule has 0 fully saturated rings. The fraction of sp³-hybridized carbons (Fsp3) is 0. The van der Waals surface area contributed by atoms with Crippen LogP contribution in [0.3, 0.4) is 0 Å². The van der Waals surface area contributed by atoms with Gasteiger partial charge in [0.2, 0.25) is 11.9 Å². The van der Waals surface area contributed by atoms with Gasteiger partial charge in [0, 0.05) is 76.7 Å². The van der Waals surface area contributed by atoms with Gasteiger partial charge in [-0.2, -0.15) is 19.9 Å². The van der Waals surface area contributed by atoms with Gasteiger partial charge in [-0.1, -0.05) is 479 Å². The molecule has 28 aromatic rings. The molecule has 10 nitrogen and oxygen atoms in total. The number of hydrogen-bond acceptors (Lipinski definition) is 6. The lowest BCUT2D eigenvalue weighted by Crippen LogP contribution is -2.07. The number of benzene rings is 22. The van der Waals surface area contributed by atoms with Gasteiger partial charge in [0.25, 0.3) is 0 Å². The van der Waals surface area contributed by atoms with Gasteiger partial charge < -0.3 is 9.13 Å². The molecule has 0 atom stereocenters. The SMILES string of the molecule is c1ccc(-c2ccc(-c3ccc(-c4cc(-c5ccccc5)cc(-n5c6ccccc6c6ccc7c8ccccc8n(-c8nc(-c9ccccc9)nc(-c9cccc(-c%10ccccc%10)c9)n8)c7c65)c4)cc3)cc2)cc1.c1ccc(-c2ccc(-c3ccc(-c4cc(-c5ccccc5)cc(-n5c6ccccc6c6ccc7c8ccccc8n(-c8nc(-c9ccccc9)nc(-c9ccccc9-c9ccccc9)n8)c7c65)c4)cc3)cc2)cc1. The lowest BCUT2D eigenvalue weighted by atomic mass is 9.95. The Bertz CT molecular complexity index is 9880. The molecule has 0 unspecified atom stereocenters. The van der Waals surface area contributed by atoms with E-state index in [2.05, 4.69) is 516 Å². The van der Waals surface area contributed by atoms with Crippen molar-refractivity contribution in [3.05, 3.63) is 546 Å². The molecule has 148 heavy (non-hydrogen) atoms. The first-order chi connectivity index (χ1) is 73.4. The van der Waals surface area contributed by atoms with Crippen molar-refractivity contribution in [3.63, 3.8) is 0 Å². The molecule has 6 heterocycles. The first kappa shape index (κ1) is 87.1. The standard InChI is InChI=1S/2C69H45N5/c1-5-18-46(19-6-1)49-32-34-50(35-33-49)51-36-38-52(39-37-51)57-43-56(48-22-9-3-10-23-48)44-58(45-57)73-63-30-15-13-28-59(63)61-40-41-62-60-29-14-16-31-64(60)74(66(62)65(61)73)69-71-67(53-24-11-4-12-25-53)70-68(72-69)55-27-17-26-54(42-55)47-20-7-2-8-21-47;1-5-19-46(20-6-1)48-33-35-49(36-34-48)50-37-39-51(40-38-50)55-43-54(47-21-7-2-8-22-47)44-56(45-55)73-63-31-17-15-28-58(63)60-41-42-61-59-29-16-18-32-64(59)74(66(61)65(60)73)69-71-67(53-25-11-4-12-26-53)70-68(72-69)62-30-14-13-27-57(62)52-23-9-3-10-24-52/h2*1-45H. The minimum atomic E-state index is 0.542. The van der Waals surface area contributed by atoms with Crippen LogP contribution in [0.25, 0.3) is 267 Å². The molecular weight excluding hydrogens is 1800 g/mol. The third-order valence-electron chi connectivity index (χ3n) is 28.8. The molecule has 28 rings (SSSR count). The maximum atomic E-state index is 5.51. The molecule has 692 valence electrons. The summed E-state index contributed by atoms with van der Waals surface area (Å²) in [5.74, 6) is 3.49. The number of rotatable bonds is 18. The highest BCUT2D eigenvalue weighted by molar-refractivity contribution is 6.26. The molecule has 6 aromatic heterocycles. The van der Waals surface area contributed by atoms with Crippen LogP contribution >= 0.6 is 0 Å². The Hall–Kier alpha value is -19.9. The first-order valence-corrected chi connectivity index (χ1v) is 50.2. The lowest BCUT2D eigenvalue weighted by Gasteiger charge is -2.16. The molecule has 0 spiro atoms. The summed E-state index contributed by atoms with van der Waals surface area (Å²) in [5, 5.41) is 9.04. The summed E-state index contributed by atoms with van der Waals surface area (Å²) >= 11 is 0. The summed E-state index contributed by atoms with van der Waals surface area (Å²) in [6.45, 7) is 0. The highest BCUT2D eigenvalue weighted by Gasteiger charge is 2.29. The Kier molecular flexibility index (Phi) is 22.1. The van der Waals surface area contributed by atoms with Crippen LogP contribution in [0.4, 0.5) is 0 Å². The zero-order chi connectivity index (χ0) is 97.9. The smallest absolute Gasteiger partial charge is 0.238 e. The van der Waals surface area contributed by atoms with Crippen LogP contribution in [0, 0.1) is 0 Å². The number of hydrogen-bond donors (Lipinski definition) is 0. The van der Waals surface area contributed by atoms with Gasteiger partial charge in [-0.05, 0) is 178 Å². The summed E-state index contributed by atoms with van der Waals surface area (Å²) in [5.41, 5.74) is 37.2. The number of para-hydroxylation sites is 4. The second-order valence-electron chi connectivity index (χ2n) is 37.6. The monoisotopic (exact) mass is 1890 g/mol. The molecule has 0 aliphatic carbocycles. The summed E-state index contributed by atoms with van der Waals surface area (Å²) < 4.78 is 9.47. The summed E-state index contributed by atoms with van der Waals surface area (Å²) in [6, 6.07) is 195. The van der Waals surface area contributed by atoms with Crippen molar-refractivity contribution in [2.24, 2.45) is 0 Å². The average Bonchev–Trinajstić information content (AvgIpc) is 1.54. The molecule has 0 saturated carbocycles. The van der Waals surface area contributed by atoms with Crippen LogP contribution in [-0.4, -0.2) is 48.2 Å². The first-order valence-electron chi connectivity index (χ1n) is 50.2. The topological polar surface area (TPSA) is 97.1 Å². The Morgan fingerprint density at radius 2 is 0.324 bits per heavy atom. The van der Waals surface area contributed by atoms with Crippen molar-refractivity contribution in [3.8, 4) is 180 Å². The van der Waals surface area contributed by atoms with Gasteiger partial charge >= 0.3 is 0 Å². The zero-order valence-electron chi connectivity index (χ0n) is 80.4. The molecule has 0 aliphatic heterocycles. The summed E-state index contributed by atoms with van der Waals surface area (Å²) in [4.78, 5) is 32.3. The van der Waals surface area contributed by atoms with Crippen LogP contribution in [0.2, 0.25) is 0 Å². The molecule has 0 N–H and O–H groups in total. The predicted octanol–water partition coefficient (Wildman–Crippen LogP) is 35.5. The third kappa shape index (κ3) is 16.0. The second-order valence-corrected chi connectivity index (χ2v) is 37.6. The molecule has 0 radical (unpaired) electrons. The van der Waals surface area contributed by atoms with E-state index in [9.17, 15) is 0 Å². The molecule has 10 heteroatoms. The van der Waals surface area contributed by atoms with E-state index in [1.54, 1.807) is 0 Å².